The minimum Gasteiger partial charge on any atom is -0.295 e. The van der Waals surface area contributed by atoms with Crippen LogP contribution >= 0.6 is 0 Å². The van der Waals surface area contributed by atoms with Crippen molar-refractivity contribution in [1.82, 2.24) is 5.06 Å². The number of rotatable bonds is 8. The van der Waals surface area contributed by atoms with E-state index < -0.39 is 0 Å². The summed E-state index contributed by atoms with van der Waals surface area (Å²) >= 11 is 0. The summed E-state index contributed by atoms with van der Waals surface area (Å²) in [6.45, 7) is 11.1. The van der Waals surface area contributed by atoms with Crippen molar-refractivity contribution < 1.29 is 4.84 Å². The van der Waals surface area contributed by atoms with Crippen molar-refractivity contribution in [3.05, 3.63) is 0 Å². The molecule has 2 heteroatoms. The van der Waals surface area contributed by atoms with E-state index in [1.54, 1.807) is 0 Å². The third kappa shape index (κ3) is 6.16. The first-order valence-corrected chi connectivity index (χ1v) is 6.42. The topological polar surface area (TPSA) is 12.5 Å². The fourth-order valence-electron chi connectivity index (χ4n) is 1.71. The highest BCUT2D eigenvalue weighted by molar-refractivity contribution is 4.63. The standard InChI is InChI=1S/C13H29NO/c1-7-9-12(5)14(6)15-13(10-8-2)11(3)4/h11-13H,7-10H2,1-6H3. The quantitative estimate of drug-likeness (QED) is 0.570. The molecule has 0 radical (unpaired) electrons. The van der Waals surface area contributed by atoms with Crippen LogP contribution in [0, 0.1) is 5.92 Å². The Morgan fingerprint density at radius 3 is 1.93 bits per heavy atom. The molecule has 92 valence electrons. The van der Waals surface area contributed by atoms with Crippen LogP contribution in [0.5, 0.6) is 0 Å². The van der Waals surface area contributed by atoms with Gasteiger partial charge in [-0.15, -0.1) is 0 Å². The van der Waals surface area contributed by atoms with E-state index in [-0.39, 0.29) is 0 Å². The van der Waals surface area contributed by atoms with Gasteiger partial charge in [-0.3, -0.25) is 4.84 Å². The molecule has 0 aliphatic carbocycles. The second kappa shape index (κ2) is 8.12. The van der Waals surface area contributed by atoms with Crippen molar-refractivity contribution >= 4 is 0 Å². The molecule has 0 fully saturated rings. The summed E-state index contributed by atoms with van der Waals surface area (Å²) < 4.78 is 0. The van der Waals surface area contributed by atoms with E-state index in [0.717, 1.165) is 6.42 Å². The van der Waals surface area contributed by atoms with E-state index in [9.17, 15) is 0 Å². The molecular weight excluding hydrogens is 186 g/mol. The molecule has 0 aromatic carbocycles. The molecule has 2 atom stereocenters. The summed E-state index contributed by atoms with van der Waals surface area (Å²) in [5.41, 5.74) is 0. The molecule has 0 heterocycles. The summed E-state index contributed by atoms with van der Waals surface area (Å²) in [5, 5.41) is 2.05. The molecule has 0 aromatic heterocycles. The van der Waals surface area contributed by atoms with Crippen molar-refractivity contribution in [3.8, 4) is 0 Å². The monoisotopic (exact) mass is 215 g/mol. The second-order valence-corrected chi connectivity index (χ2v) is 4.86. The van der Waals surface area contributed by atoms with Crippen LogP contribution in [-0.4, -0.2) is 24.3 Å². The Morgan fingerprint density at radius 2 is 1.53 bits per heavy atom. The highest BCUT2D eigenvalue weighted by atomic mass is 16.7. The van der Waals surface area contributed by atoms with Crippen molar-refractivity contribution in [2.75, 3.05) is 7.05 Å². The highest BCUT2D eigenvalue weighted by Crippen LogP contribution is 2.16. The first-order chi connectivity index (χ1) is 7.02. The summed E-state index contributed by atoms with van der Waals surface area (Å²) in [7, 11) is 2.06. The molecule has 0 saturated carbocycles. The first-order valence-electron chi connectivity index (χ1n) is 6.42. The van der Waals surface area contributed by atoms with E-state index in [2.05, 4.69) is 41.7 Å². The maximum atomic E-state index is 6.00. The van der Waals surface area contributed by atoms with Crippen LogP contribution in [-0.2, 0) is 4.84 Å². The second-order valence-electron chi connectivity index (χ2n) is 4.86. The minimum absolute atomic E-state index is 0.374. The summed E-state index contributed by atoms with van der Waals surface area (Å²) in [5.74, 6) is 0.598. The van der Waals surface area contributed by atoms with Crippen LogP contribution in [0.25, 0.3) is 0 Å². The van der Waals surface area contributed by atoms with Gasteiger partial charge in [0.05, 0.1) is 6.10 Å². The van der Waals surface area contributed by atoms with Gasteiger partial charge < -0.3 is 0 Å². The van der Waals surface area contributed by atoms with Crippen LogP contribution in [0.3, 0.4) is 0 Å². The minimum atomic E-state index is 0.374. The molecule has 0 N–H and O–H groups in total. The molecular formula is C13H29NO. The molecule has 0 aromatic rings. The molecule has 2 unspecified atom stereocenters. The maximum Gasteiger partial charge on any atom is 0.0815 e. The van der Waals surface area contributed by atoms with Gasteiger partial charge >= 0.3 is 0 Å². The zero-order chi connectivity index (χ0) is 11.8. The number of hydroxylamine groups is 2. The van der Waals surface area contributed by atoms with Gasteiger partial charge in [0.15, 0.2) is 0 Å². The predicted molar refractivity (Wildman–Crippen MR) is 66.8 cm³/mol. The van der Waals surface area contributed by atoms with E-state index in [1.807, 2.05) is 5.06 Å². The third-order valence-electron chi connectivity index (χ3n) is 2.95. The number of hydrogen-bond acceptors (Lipinski definition) is 2. The van der Waals surface area contributed by atoms with Crippen LogP contribution in [0.15, 0.2) is 0 Å². The van der Waals surface area contributed by atoms with Gasteiger partial charge in [0.25, 0.3) is 0 Å². The van der Waals surface area contributed by atoms with Gasteiger partial charge in [-0.2, -0.15) is 5.06 Å². The van der Waals surface area contributed by atoms with E-state index in [1.165, 1.54) is 19.3 Å². The van der Waals surface area contributed by atoms with Gasteiger partial charge in [0.2, 0.25) is 0 Å². The Hall–Kier alpha value is -0.0800. The zero-order valence-electron chi connectivity index (χ0n) is 11.4. The zero-order valence-corrected chi connectivity index (χ0v) is 11.4. The lowest BCUT2D eigenvalue weighted by atomic mass is 10.0. The Balaban J connectivity index is 4.03. The number of hydrogen-bond donors (Lipinski definition) is 0. The summed E-state index contributed by atoms with van der Waals surface area (Å²) in [4.78, 5) is 6.00. The van der Waals surface area contributed by atoms with Gasteiger partial charge in [-0.1, -0.05) is 40.5 Å². The largest absolute Gasteiger partial charge is 0.295 e. The first kappa shape index (κ1) is 14.9. The molecule has 0 rings (SSSR count). The molecule has 2 nitrogen and oxygen atoms in total. The lowest BCUT2D eigenvalue weighted by Gasteiger charge is -2.30. The SMILES string of the molecule is CCCC(ON(C)C(C)CCC)C(C)C. The van der Waals surface area contributed by atoms with Gasteiger partial charge in [0, 0.05) is 13.1 Å². The van der Waals surface area contributed by atoms with Gasteiger partial charge in [0.1, 0.15) is 0 Å². The summed E-state index contributed by atoms with van der Waals surface area (Å²) in [6.07, 6.45) is 5.14. The van der Waals surface area contributed by atoms with Crippen LogP contribution < -0.4 is 0 Å². The predicted octanol–water partition coefficient (Wildman–Crippen LogP) is 3.86. The van der Waals surface area contributed by atoms with Crippen LogP contribution in [0.2, 0.25) is 0 Å². The Morgan fingerprint density at radius 1 is 1.00 bits per heavy atom. The van der Waals surface area contributed by atoms with E-state index in [0.29, 0.717) is 18.1 Å². The average Bonchev–Trinajstić information content (AvgIpc) is 2.17. The van der Waals surface area contributed by atoms with Gasteiger partial charge in [-0.05, 0) is 25.7 Å². The summed E-state index contributed by atoms with van der Waals surface area (Å²) in [6, 6.07) is 0.521. The molecule has 0 bridgehead atoms. The molecule has 0 amide bonds. The number of nitrogens with zero attached hydrogens (tertiary/aromatic N) is 1. The van der Waals surface area contributed by atoms with Crippen molar-refractivity contribution in [2.45, 2.75) is 72.4 Å². The third-order valence-corrected chi connectivity index (χ3v) is 2.95. The fourth-order valence-corrected chi connectivity index (χ4v) is 1.71. The average molecular weight is 215 g/mol. The molecule has 0 spiro atoms. The highest BCUT2D eigenvalue weighted by Gasteiger charge is 2.18. The van der Waals surface area contributed by atoms with Gasteiger partial charge in [-0.25, -0.2) is 0 Å². The Kier molecular flexibility index (Phi) is 8.07. The molecule has 0 saturated heterocycles. The van der Waals surface area contributed by atoms with Crippen molar-refractivity contribution in [2.24, 2.45) is 5.92 Å². The van der Waals surface area contributed by atoms with Crippen LogP contribution in [0.4, 0.5) is 0 Å². The van der Waals surface area contributed by atoms with E-state index in [4.69, 9.17) is 4.84 Å². The van der Waals surface area contributed by atoms with E-state index >= 15 is 0 Å². The lowest BCUT2D eigenvalue weighted by Crippen LogP contribution is -2.35. The van der Waals surface area contributed by atoms with Crippen molar-refractivity contribution in [1.29, 1.82) is 0 Å². The Labute approximate surface area is 95.9 Å². The smallest absolute Gasteiger partial charge is 0.0815 e. The molecule has 15 heavy (non-hydrogen) atoms. The molecule has 0 aliphatic heterocycles. The maximum absolute atomic E-state index is 6.00. The fraction of sp³-hybridized carbons (Fsp3) is 1.00. The van der Waals surface area contributed by atoms with Crippen LogP contribution in [0.1, 0.15) is 60.3 Å². The normalized spacial score (nSPS) is 16.0. The van der Waals surface area contributed by atoms with Crippen molar-refractivity contribution in [3.63, 3.8) is 0 Å². The molecule has 0 aliphatic rings. The lowest BCUT2D eigenvalue weighted by molar-refractivity contribution is -0.215. The Bertz CT molecular complexity index is 147.